The van der Waals surface area contributed by atoms with Gasteiger partial charge < -0.3 is 9.73 Å². The van der Waals surface area contributed by atoms with Crippen molar-refractivity contribution < 1.29 is 4.42 Å². The molecule has 0 bridgehead atoms. The number of fused-ring (bicyclic) bond motifs is 2. The molecule has 0 spiro atoms. The second-order valence-electron chi connectivity index (χ2n) is 6.07. The zero-order chi connectivity index (χ0) is 11.9. The van der Waals surface area contributed by atoms with Crippen LogP contribution in [0.1, 0.15) is 43.0 Å². The molecule has 1 aromatic rings. The van der Waals surface area contributed by atoms with Crippen LogP contribution in [0.25, 0.3) is 0 Å². The second kappa shape index (κ2) is 4.39. The third-order valence-corrected chi connectivity index (χ3v) is 5.14. The van der Waals surface area contributed by atoms with Crippen LogP contribution in [0.5, 0.6) is 0 Å². The minimum Gasteiger partial charge on any atom is -0.469 e. The van der Waals surface area contributed by atoms with Crippen molar-refractivity contribution in [3.8, 4) is 0 Å². The highest BCUT2D eigenvalue weighted by molar-refractivity contribution is 5.25. The molecule has 1 aliphatic carbocycles. The molecule has 0 radical (unpaired) electrons. The lowest BCUT2D eigenvalue weighted by atomic mass is 9.85. The zero-order valence-corrected chi connectivity index (χ0v) is 10.9. The van der Waals surface area contributed by atoms with E-state index in [1.165, 1.54) is 56.6 Å². The number of nitrogens with zero attached hydrogens (tertiary/aromatic N) is 1. The summed E-state index contributed by atoms with van der Waals surface area (Å²) in [7, 11) is 0. The van der Waals surface area contributed by atoms with Crippen molar-refractivity contribution in [2.45, 2.75) is 44.2 Å². The lowest BCUT2D eigenvalue weighted by molar-refractivity contribution is 0.0667. The van der Waals surface area contributed by atoms with Gasteiger partial charge in [-0.15, -0.1) is 0 Å². The van der Waals surface area contributed by atoms with Gasteiger partial charge in [-0.3, -0.25) is 4.90 Å². The van der Waals surface area contributed by atoms with E-state index in [9.17, 15) is 0 Å². The van der Waals surface area contributed by atoms with Gasteiger partial charge in [-0.05, 0) is 50.8 Å². The standard InChI is InChI=1S/C15H22N2O/c1-4-13(12-6-8-18-15(12)5-1)17-7-2-3-11-9-16-10-14(11)17/h6,8,11,13-14,16H,1-5,7,9-10H2. The van der Waals surface area contributed by atoms with Crippen molar-refractivity contribution in [2.24, 2.45) is 5.92 Å². The van der Waals surface area contributed by atoms with E-state index in [2.05, 4.69) is 16.3 Å². The van der Waals surface area contributed by atoms with Crippen molar-refractivity contribution in [3.05, 3.63) is 23.7 Å². The molecule has 3 aliphatic rings. The summed E-state index contributed by atoms with van der Waals surface area (Å²) in [4.78, 5) is 2.78. The second-order valence-corrected chi connectivity index (χ2v) is 6.07. The molecular weight excluding hydrogens is 224 g/mol. The lowest BCUT2D eigenvalue weighted by Crippen LogP contribution is -2.47. The molecule has 0 aromatic carbocycles. The molecule has 18 heavy (non-hydrogen) atoms. The molecular formula is C15H22N2O. The molecule has 1 aromatic heterocycles. The number of nitrogens with one attached hydrogen (secondary N) is 1. The minimum atomic E-state index is 0.625. The van der Waals surface area contributed by atoms with Gasteiger partial charge in [0, 0.05) is 30.6 Å². The van der Waals surface area contributed by atoms with Gasteiger partial charge in [-0.2, -0.15) is 0 Å². The van der Waals surface area contributed by atoms with Gasteiger partial charge in [-0.25, -0.2) is 0 Å². The topological polar surface area (TPSA) is 28.4 Å². The molecule has 4 rings (SSSR count). The van der Waals surface area contributed by atoms with Crippen LogP contribution in [0.2, 0.25) is 0 Å². The Labute approximate surface area is 109 Å². The third-order valence-electron chi connectivity index (χ3n) is 5.14. The molecule has 2 saturated heterocycles. The summed E-state index contributed by atoms with van der Waals surface area (Å²) in [5.41, 5.74) is 1.48. The Bertz CT molecular complexity index is 428. The van der Waals surface area contributed by atoms with Crippen LogP contribution in [0, 0.1) is 5.92 Å². The molecule has 3 atom stereocenters. The fourth-order valence-corrected chi connectivity index (χ4v) is 4.30. The van der Waals surface area contributed by atoms with Gasteiger partial charge in [0.2, 0.25) is 0 Å². The van der Waals surface area contributed by atoms with Gasteiger partial charge in [0.25, 0.3) is 0 Å². The maximum Gasteiger partial charge on any atom is 0.108 e. The van der Waals surface area contributed by atoms with Crippen LogP contribution in [-0.4, -0.2) is 30.6 Å². The number of rotatable bonds is 1. The summed E-state index contributed by atoms with van der Waals surface area (Å²) in [5.74, 6) is 2.13. The number of likely N-dealkylation sites (tertiary alicyclic amines) is 1. The Morgan fingerprint density at radius 2 is 2.22 bits per heavy atom. The van der Waals surface area contributed by atoms with E-state index in [1.807, 2.05) is 6.26 Å². The molecule has 3 heterocycles. The monoisotopic (exact) mass is 246 g/mol. The Kier molecular flexibility index (Phi) is 2.70. The minimum absolute atomic E-state index is 0.625. The maximum absolute atomic E-state index is 5.65. The molecule has 1 N–H and O–H groups in total. The molecule has 98 valence electrons. The summed E-state index contributed by atoms with van der Waals surface area (Å²) in [6.45, 7) is 3.69. The molecule has 0 saturated carbocycles. The third kappa shape index (κ3) is 1.64. The molecule has 2 fully saturated rings. The number of aryl methyl sites for hydroxylation is 1. The number of piperidine rings is 1. The highest BCUT2D eigenvalue weighted by atomic mass is 16.3. The molecule has 3 nitrogen and oxygen atoms in total. The summed E-state index contributed by atoms with van der Waals surface area (Å²) >= 11 is 0. The summed E-state index contributed by atoms with van der Waals surface area (Å²) in [6.07, 6.45) is 8.41. The maximum atomic E-state index is 5.65. The van der Waals surface area contributed by atoms with Gasteiger partial charge in [0.1, 0.15) is 5.76 Å². The SMILES string of the molecule is c1cc2c(o1)CCCC2N1CCCC2CNCC21. The Hall–Kier alpha value is -0.800. The van der Waals surface area contributed by atoms with E-state index in [0.717, 1.165) is 18.4 Å². The average Bonchev–Trinajstić information content (AvgIpc) is 3.06. The van der Waals surface area contributed by atoms with Crippen LogP contribution < -0.4 is 5.32 Å². The smallest absolute Gasteiger partial charge is 0.108 e. The van der Waals surface area contributed by atoms with E-state index in [4.69, 9.17) is 4.42 Å². The van der Waals surface area contributed by atoms with Gasteiger partial charge >= 0.3 is 0 Å². The van der Waals surface area contributed by atoms with Crippen LogP contribution in [-0.2, 0) is 6.42 Å². The first kappa shape index (κ1) is 11.1. The molecule has 3 heteroatoms. The van der Waals surface area contributed by atoms with Crippen molar-refractivity contribution in [1.29, 1.82) is 0 Å². The van der Waals surface area contributed by atoms with E-state index in [-0.39, 0.29) is 0 Å². The fraction of sp³-hybridized carbons (Fsp3) is 0.733. The van der Waals surface area contributed by atoms with Crippen LogP contribution in [0.4, 0.5) is 0 Å². The van der Waals surface area contributed by atoms with Gasteiger partial charge in [0.15, 0.2) is 0 Å². The molecule has 3 unspecified atom stereocenters. The first-order valence-electron chi connectivity index (χ1n) is 7.46. The number of hydrogen-bond donors (Lipinski definition) is 1. The normalized spacial score (nSPS) is 36.3. The Morgan fingerprint density at radius 1 is 1.22 bits per heavy atom. The van der Waals surface area contributed by atoms with Crippen LogP contribution in [0.3, 0.4) is 0 Å². The average molecular weight is 246 g/mol. The van der Waals surface area contributed by atoms with Crippen molar-refractivity contribution in [2.75, 3.05) is 19.6 Å². The quantitative estimate of drug-likeness (QED) is 0.824. The highest BCUT2D eigenvalue weighted by Gasteiger charge is 2.40. The lowest BCUT2D eigenvalue weighted by Gasteiger charge is -2.43. The van der Waals surface area contributed by atoms with Crippen molar-refractivity contribution in [1.82, 2.24) is 10.2 Å². The van der Waals surface area contributed by atoms with Crippen molar-refractivity contribution in [3.63, 3.8) is 0 Å². The van der Waals surface area contributed by atoms with E-state index >= 15 is 0 Å². The number of furan rings is 1. The summed E-state index contributed by atoms with van der Waals surface area (Å²) < 4.78 is 5.65. The first-order valence-corrected chi connectivity index (χ1v) is 7.46. The first-order chi connectivity index (χ1) is 8.93. The highest BCUT2D eigenvalue weighted by Crippen LogP contribution is 2.40. The van der Waals surface area contributed by atoms with Crippen molar-refractivity contribution >= 4 is 0 Å². The Balaban J connectivity index is 1.63. The Morgan fingerprint density at radius 3 is 3.22 bits per heavy atom. The van der Waals surface area contributed by atoms with E-state index in [0.29, 0.717) is 6.04 Å². The largest absolute Gasteiger partial charge is 0.469 e. The van der Waals surface area contributed by atoms with E-state index in [1.54, 1.807) is 0 Å². The number of hydrogen-bond acceptors (Lipinski definition) is 3. The van der Waals surface area contributed by atoms with Crippen LogP contribution in [0.15, 0.2) is 16.7 Å². The van der Waals surface area contributed by atoms with Gasteiger partial charge in [0.05, 0.1) is 6.26 Å². The van der Waals surface area contributed by atoms with E-state index < -0.39 is 0 Å². The summed E-state index contributed by atoms with van der Waals surface area (Å²) in [6, 6.07) is 3.61. The van der Waals surface area contributed by atoms with Gasteiger partial charge in [-0.1, -0.05) is 0 Å². The predicted molar refractivity (Wildman–Crippen MR) is 70.5 cm³/mol. The zero-order valence-electron chi connectivity index (χ0n) is 10.9. The molecule has 2 aliphatic heterocycles. The fourth-order valence-electron chi connectivity index (χ4n) is 4.30. The van der Waals surface area contributed by atoms with Crippen LogP contribution >= 0.6 is 0 Å². The molecule has 0 amide bonds. The predicted octanol–water partition coefficient (Wildman–Crippen LogP) is 2.34. The summed E-state index contributed by atoms with van der Waals surface area (Å²) in [5, 5.41) is 3.59.